The Labute approximate surface area is 311 Å². The molecule has 0 bridgehead atoms. The van der Waals surface area contributed by atoms with Gasteiger partial charge in [0.15, 0.2) is 6.29 Å². The minimum atomic E-state index is -0.0650. The summed E-state index contributed by atoms with van der Waals surface area (Å²) in [6.07, 6.45) is 40.7. The molecule has 6 nitrogen and oxygen atoms in total. The standard InChI is InChI=1S/C44H85NO5/c1-4-7-10-13-16-22-29-38-48-42-43(41-47)32-25-19-21-28-35-45(36-37-46)34-27-20-17-18-26-33-44(49-39-30-23-14-11-8-5-2)50-40-31-24-15-12-9-6-3/h8-9,11-12,41,43-44,46H,4-7,10,13-40,42H2,1-3H3/b11-8-,12-9-. The van der Waals surface area contributed by atoms with Crippen molar-refractivity contribution in [2.75, 3.05) is 52.7 Å². The maximum Gasteiger partial charge on any atom is 0.157 e. The molecule has 296 valence electrons. The van der Waals surface area contributed by atoms with Crippen LogP contribution in [-0.4, -0.2) is 75.3 Å². The molecule has 0 rings (SSSR count). The maximum atomic E-state index is 11.5. The highest BCUT2D eigenvalue weighted by molar-refractivity contribution is 5.53. The van der Waals surface area contributed by atoms with Crippen molar-refractivity contribution in [1.82, 2.24) is 4.90 Å². The summed E-state index contributed by atoms with van der Waals surface area (Å²) in [5, 5.41) is 9.59. The first-order valence-electron chi connectivity index (χ1n) is 21.6. The zero-order chi connectivity index (χ0) is 36.4. The van der Waals surface area contributed by atoms with E-state index in [4.69, 9.17) is 14.2 Å². The van der Waals surface area contributed by atoms with Crippen LogP contribution < -0.4 is 0 Å². The topological polar surface area (TPSA) is 68.2 Å². The lowest BCUT2D eigenvalue weighted by atomic mass is 10.0. The van der Waals surface area contributed by atoms with Crippen molar-refractivity contribution in [1.29, 1.82) is 0 Å². The van der Waals surface area contributed by atoms with E-state index < -0.39 is 0 Å². The third kappa shape index (κ3) is 36.7. The van der Waals surface area contributed by atoms with E-state index in [9.17, 15) is 9.90 Å². The van der Waals surface area contributed by atoms with Crippen molar-refractivity contribution in [3.05, 3.63) is 24.3 Å². The monoisotopic (exact) mass is 708 g/mol. The molecule has 1 N–H and O–H groups in total. The average Bonchev–Trinajstić information content (AvgIpc) is 3.12. The number of allylic oxidation sites excluding steroid dienone is 4. The van der Waals surface area contributed by atoms with E-state index in [2.05, 4.69) is 50.0 Å². The fourth-order valence-electron chi connectivity index (χ4n) is 6.28. The number of carbonyl (C=O) groups is 1. The first kappa shape index (κ1) is 49.0. The average molecular weight is 708 g/mol. The number of aldehydes is 1. The van der Waals surface area contributed by atoms with Gasteiger partial charge in [0, 0.05) is 32.3 Å². The van der Waals surface area contributed by atoms with Crippen LogP contribution in [0.15, 0.2) is 24.3 Å². The van der Waals surface area contributed by atoms with Gasteiger partial charge in [0.2, 0.25) is 0 Å². The molecule has 0 saturated carbocycles. The molecule has 50 heavy (non-hydrogen) atoms. The highest BCUT2D eigenvalue weighted by atomic mass is 16.7. The van der Waals surface area contributed by atoms with Crippen LogP contribution >= 0.6 is 0 Å². The number of carbonyl (C=O) groups excluding carboxylic acids is 1. The lowest BCUT2D eigenvalue weighted by Gasteiger charge is -2.21. The first-order valence-corrected chi connectivity index (χ1v) is 21.6. The third-order valence-corrected chi connectivity index (χ3v) is 9.49. The highest BCUT2D eigenvalue weighted by Gasteiger charge is 2.11. The normalized spacial score (nSPS) is 12.8. The lowest BCUT2D eigenvalue weighted by molar-refractivity contribution is -0.147. The highest BCUT2D eigenvalue weighted by Crippen LogP contribution is 2.15. The van der Waals surface area contributed by atoms with Crippen molar-refractivity contribution >= 4 is 6.29 Å². The van der Waals surface area contributed by atoms with Crippen LogP contribution in [0.4, 0.5) is 0 Å². The minimum Gasteiger partial charge on any atom is -0.395 e. The second-order valence-electron chi connectivity index (χ2n) is 14.3. The Morgan fingerprint density at radius 2 is 1.04 bits per heavy atom. The predicted octanol–water partition coefficient (Wildman–Crippen LogP) is 11.8. The molecule has 0 aliphatic rings. The van der Waals surface area contributed by atoms with Gasteiger partial charge >= 0.3 is 0 Å². The van der Waals surface area contributed by atoms with Crippen LogP contribution in [-0.2, 0) is 19.0 Å². The number of unbranched alkanes of at least 4 members (excludes halogenated alkanes) is 17. The Balaban J connectivity index is 4.04. The zero-order valence-corrected chi connectivity index (χ0v) is 33.6. The van der Waals surface area contributed by atoms with E-state index in [1.54, 1.807) is 0 Å². The van der Waals surface area contributed by atoms with Crippen LogP contribution in [0.2, 0.25) is 0 Å². The molecular weight excluding hydrogens is 622 g/mol. The quantitative estimate of drug-likeness (QED) is 0.0295. The van der Waals surface area contributed by atoms with Crippen molar-refractivity contribution in [3.63, 3.8) is 0 Å². The van der Waals surface area contributed by atoms with Crippen LogP contribution in [0.3, 0.4) is 0 Å². The third-order valence-electron chi connectivity index (χ3n) is 9.49. The van der Waals surface area contributed by atoms with Crippen LogP contribution in [0.1, 0.15) is 188 Å². The number of hydrogen-bond donors (Lipinski definition) is 1. The van der Waals surface area contributed by atoms with E-state index in [0.29, 0.717) is 6.61 Å². The fourth-order valence-corrected chi connectivity index (χ4v) is 6.28. The number of rotatable bonds is 42. The molecule has 0 amide bonds. The van der Waals surface area contributed by atoms with Crippen LogP contribution in [0, 0.1) is 5.92 Å². The van der Waals surface area contributed by atoms with Crippen molar-refractivity contribution in [3.8, 4) is 0 Å². The van der Waals surface area contributed by atoms with Crippen LogP contribution in [0.5, 0.6) is 0 Å². The molecule has 0 saturated heterocycles. The van der Waals surface area contributed by atoms with E-state index in [-0.39, 0.29) is 18.8 Å². The summed E-state index contributed by atoms with van der Waals surface area (Å²) in [7, 11) is 0. The van der Waals surface area contributed by atoms with Gasteiger partial charge in [-0.1, -0.05) is 122 Å². The molecule has 0 heterocycles. The molecule has 0 radical (unpaired) electrons. The molecular formula is C44H85NO5. The Morgan fingerprint density at radius 1 is 0.540 bits per heavy atom. The Morgan fingerprint density at radius 3 is 1.58 bits per heavy atom. The summed E-state index contributed by atoms with van der Waals surface area (Å²) in [5.74, 6) is 0.0438. The first-order chi connectivity index (χ1) is 24.7. The van der Waals surface area contributed by atoms with Gasteiger partial charge in [-0.2, -0.15) is 0 Å². The molecule has 1 unspecified atom stereocenters. The van der Waals surface area contributed by atoms with Crippen molar-refractivity contribution in [2.45, 2.75) is 194 Å². The predicted molar refractivity (Wildman–Crippen MR) is 215 cm³/mol. The van der Waals surface area contributed by atoms with Gasteiger partial charge < -0.3 is 29.0 Å². The SMILES string of the molecule is CC/C=C\CCCCOC(CCCCCCCN(CCO)CCCCCCC(C=O)COCCCCCCCCC)OCCCC/C=C\CC. The van der Waals surface area contributed by atoms with Crippen molar-refractivity contribution < 1.29 is 24.1 Å². The molecule has 1 atom stereocenters. The molecule has 0 aromatic carbocycles. The summed E-state index contributed by atoms with van der Waals surface area (Å²) in [6.45, 7) is 12.7. The number of ether oxygens (including phenoxy) is 3. The molecule has 0 aromatic heterocycles. The molecule has 0 aromatic rings. The van der Waals surface area contributed by atoms with Gasteiger partial charge in [0.1, 0.15) is 6.29 Å². The smallest absolute Gasteiger partial charge is 0.157 e. The number of aliphatic hydroxyl groups excluding tert-OH is 1. The molecule has 6 heteroatoms. The van der Waals surface area contributed by atoms with E-state index in [1.807, 2.05) is 0 Å². The fraction of sp³-hybridized carbons (Fsp3) is 0.886. The second-order valence-corrected chi connectivity index (χ2v) is 14.3. The van der Waals surface area contributed by atoms with E-state index in [1.165, 1.54) is 83.5 Å². The largest absolute Gasteiger partial charge is 0.395 e. The molecule has 0 fully saturated rings. The number of nitrogens with zero attached hydrogens (tertiary/aromatic N) is 1. The van der Waals surface area contributed by atoms with Gasteiger partial charge in [-0.05, 0) is 103 Å². The minimum absolute atomic E-state index is 0.0438. The van der Waals surface area contributed by atoms with E-state index >= 15 is 0 Å². The van der Waals surface area contributed by atoms with Crippen LogP contribution in [0.25, 0.3) is 0 Å². The van der Waals surface area contributed by atoms with Gasteiger partial charge in [0.05, 0.1) is 13.2 Å². The summed E-state index contributed by atoms with van der Waals surface area (Å²) in [5.41, 5.74) is 0. The summed E-state index contributed by atoms with van der Waals surface area (Å²) in [6, 6.07) is 0. The van der Waals surface area contributed by atoms with Gasteiger partial charge in [-0.3, -0.25) is 0 Å². The lowest BCUT2D eigenvalue weighted by Crippen LogP contribution is -2.29. The second kappa shape index (κ2) is 42.4. The summed E-state index contributed by atoms with van der Waals surface area (Å²) < 4.78 is 18.2. The number of hydrogen-bond acceptors (Lipinski definition) is 6. The van der Waals surface area contributed by atoms with E-state index in [0.717, 1.165) is 129 Å². The Kier molecular flexibility index (Phi) is 41.5. The van der Waals surface area contributed by atoms with Crippen molar-refractivity contribution in [2.24, 2.45) is 5.92 Å². The number of aliphatic hydroxyl groups is 1. The molecule has 0 aliphatic heterocycles. The molecule has 0 spiro atoms. The Bertz CT molecular complexity index is 691. The van der Waals surface area contributed by atoms with Gasteiger partial charge in [-0.15, -0.1) is 0 Å². The maximum absolute atomic E-state index is 11.5. The zero-order valence-electron chi connectivity index (χ0n) is 33.6. The van der Waals surface area contributed by atoms with Gasteiger partial charge in [0.25, 0.3) is 0 Å². The van der Waals surface area contributed by atoms with Gasteiger partial charge in [-0.25, -0.2) is 0 Å². The molecule has 0 aliphatic carbocycles. The Hall–Kier alpha value is -1.05. The summed E-state index contributed by atoms with van der Waals surface area (Å²) >= 11 is 0. The summed E-state index contributed by atoms with van der Waals surface area (Å²) in [4.78, 5) is 13.9.